The molecule has 2 aliphatic heterocycles. The van der Waals surface area contributed by atoms with Gasteiger partial charge in [0.25, 0.3) is 0 Å². The van der Waals surface area contributed by atoms with Gasteiger partial charge in [0.15, 0.2) is 0 Å². The van der Waals surface area contributed by atoms with E-state index in [1.165, 1.54) is 5.70 Å². The number of rotatable bonds is 4. The number of hydrogen-bond donors (Lipinski definition) is 4. The van der Waals surface area contributed by atoms with Gasteiger partial charge in [0.1, 0.15) is 18.6 Å². The first-order chi connectivity index (χ1) is 12.3. The van der Waals surface area contributed by atoms with Crippen molar-refractivity contribution < 1.29 is 4.79 Å². The van der Waals surface area contributed by atoms with Crippen LogP contribution in [0.3, 0.4) is 0 Å². The molecular weight excluding hydrogens is 318 g/mol. The molecule has 8 heteroatoms. The van der Waals surface area contributed by atoms with Gasteiger partial charge in [-0.3, -0.25) is 4.79 Å². The number of nitrogens with one attached hydrogen (secondary N) is 4. The molecule has 0 unspecified atom stereocenters. The molecular formula is C17H21N7O. The van der Waals surface area contributed by atoms with Crippen molar-refractivity contribution in [1.82, 2.24) is 26.3 Å². The van der Waals surface area contributed by atoms with E-state index in [0.717, 1.165) is 42.8 Å². The van der Waals surface area contributed by atoms with Crippen molar-refractivity contribution in [2.24, 2.45) is 16.8 Å². The Morgan fingerprint density at radius 2 is 2.24 bits per heavy atom. The standard InChI is InChI=1S/C17H21N7O/c18-7-5-14(25)20-9-11-1-3-12(4-2-11)15-16-13-6-8-19-17(13)21-10-24(16)23-22-15/h6,8,10-12,19,22-23H,1-5,9H2,(H,20,25). The van der Waals surface area contributed by atoms with Gasteiger partial charge in [0, 0.05) is 24.2 Å². The van der Waals surface area contributed by atoms with Gasteiger partial charge in [0.05, 0.1) is 17.5 Å². The van der Waals surface area contributed by atoms with Gasteiger partial charge in [-0.25, -0.2) is 10.0 Å². The summed E-state index contributed by atoms with van der Waals surface area (Å²) in [6.07, 6.45) is 7.94. The van der Waals surface area contributed by atoms with E-state index in [0.29, 0.717) is 18.4 Å². The largest absolute Gasteiger partial charge is 0.355 e. The van der Waals surface area contributed by atoms with Crippen LogP contribution < -0.4 is 16.3 Å². The summed E-state index contributed by atoms with van der Waals surface area (Å²) in [7, 11) is 0. The SMILES string of the molecule is N#CCC(=O)NCC1CCC(C2=C3c4cc[nH]c4N=CN3NN2)CC1. The Bertz CT molecular complexity index is 764. The molecule has 0 saturated heterocycles. The van der Waals surface area contributed by atoms with Crippen molar-refractivity contribution in [2.75, 3.05) is 6.54 Å². The van der Waals surface area contributed by atoms with Crippen LogP contribution in [0.4, 0.5) is 5.82 Å². The molecule has 0 aromatic carbocycles. The number of amides is 1. The third kappa shape index (κ3) is 2.98. The van der Waals surface area contributed by atoms with E-state index in [4.69, 9.17) is 5.26 Å². The van der Waals surface area contributed by atoms with Crippen LogP contribution >= 0.6 is 0 Å². The number of carbonyl (C=O) groups excluding carboxylic acids is 1. The van der Waals surface area contributed by atoms with Gasteiger partial charge < -0.3 is 15.7 Å². The predicted molar refractivity (Wildman–Crippen MR) is 92.7 cm³/mol. The summed E-state index contributed by atoms with van der Waals surface area (Å²) >= 11 is 0. The van der Waals surface area contributed by atoms with Crippen molar-refractivity contribution in [3.8, 4) is 6.07 Å². The van der Waals surface area contributed by atoms with Crippen LogP contribution in [0.15, 0.2) is 23.0 Å². The van der Waals surface area contributed by atoms with Crippen molar-refractivity contribution in [1.29, 1.82) is 5.26 Å². The van der Waals surface area contributed by atoms with Crippen molar-refractivity contribution in [2.45, 2.75) is 32.1 Å². The fourth-order valence-corrected chi connectivity index (χ4v) is 3.84. The number of hydrazine groups is 2. The highest BCUT2D eigenvalue weighted by atomic mass is 16.1. The predicted octanol–water partition coefficient (Wildman–Crippen LogP) is 1.52. The molecule has 25 heavy (non-hydrogen) atoms. The topological polar surface area (TPSA) is 108 Å². The summed E-state index contributed by atoms with van der Waals surface area (Å²) in [5.41, 5.74) is 9.97. The monoisotopic (exact) mass is 339 g/mol. The molecule has 0 atom stereocenters. The lowest BCUT2D eigenvalue weighted by molar-refractivity contribution is -0.120. The quantitative estimate of drug-likeness (QED) is 0.665. The van der Waals surface area contributed by atoms with E-state index in [-0.39, 0.29) is 12.3 Å². The number of aliphatic imine (C=N–C) groups is 1. The molecule has 1 saturated carbocycles. The van der Waals surface area contributed by atoms with Crippen molar-refractivity contribution in [3.05, 3.63) is 23.5 Å². The Balaban J connectivity index is 1.40. The number of fused-ring (bicyclic) bond motifs is 3. The van der Waals surface area contributed by atoms with Gasteiger partial charge in [0.2, 0.25) is 5.91 Å². The second-order valence-corrected chi connectivity index (χ2v) is 6.71. The number of allylic oxidation sites excluding steroid dienone is 1. The smallest absolute Gasteiger partial charge is 0.234 e. The number of aromatic amines is 1. The lowest BCUT2D eigenvalue weighted by Crippen LogP contribution is -2.38. The van der Waals surface area contributed by atoms with Crippen molar-refractivity contribution >= 4 is 23.8 Å². The number of nitrogens with zero attached hydrogens (tertiary/aromatic N) is 3. The van der Waals surface area contributed by atoms with Gasteiger partial charge >= 0.3 is 0 Å². The van der Waals surface area contributed by atoms with Crippen LogP contribution in [-0.4, -0.2) is 28.8 Å². The summed E-state index contributed by atoms with van der Waals surface area (Å²) < 4.78 is 0. The molecule has 0 spiro atoms. The Hall–Kier alpha value is -2.79. The van der Waals surface area contributed by atoms with E-state index in [2.05, 4.69) is 32.3 Å². The zero-order chi connectivity index (χ0) is 17.2. The number of H-pyrrole nitrogens is 1. The van der Waals surface area contributed by atoms with Crippen LogP contribution in [0.2, 0.25) is 0 Å². The Kier molecular flexibility index (Phi) is 4.15. The maximum absolute atomic E-state index is 11.4. The second kappa shape index (κ2) is 6.61. The second-order valence-electron chi connectivity index (χ2n) is 6.71. The van der Waals surface area contributed by atoms with E-state index in [9.17, 15) is 4.79 Å². The first-order valence-corrected chi connectivity index (χ1v) is 8.67. The summed E-state index contributed by atoms with van der Waals surface area (Å²) in [6, 6.07) is 3.94. The normalized spacial score (nSPS) is 24.4. The molecule has 1 aromatic rings. The lowest BCUT2D eigenvalue weighted by Gasteiger charge is -2.29. The highest BCUT2D eigenvalue weighted by molar-refractivity contribution is 5.87. The van der Waals surface area contributed by atoms with E-state index in [1.807, 2.05) is 17.3 Å². The number of carbonyl (C=O) groups is 1. The van der Waals surface area contributed by atoms with Gasteiger partial charge in [-0.1, -0.05) is 0 Å². The third-order valence-corrected chi connectivity index (χ3v) is 5.17. The van der Waals surface area contributed by atoms with Crippen LogP contribution in [0.25, 0.3) is 5.70 Å². The fraction of sp³-hybridized carbons (Fsp3) is 0.471. The van der Waals surface area contributed by atoms with Crippen LogP contribution in [0, 0.1) is 23.2 Å². The molecule has 0 bridgehead atoms. The van der Waals surface area contributed by atoms with E-state index >= 15 is 0 Å². The minimum absolute atomic E-state index is 0.0580. The summed E-state index contributed by atoms with van der Waals surface area (Å²) in [4.78, 5) is 19.0. The minimum Gasteiger partial charge on any atom is -0.355 e. The third-order valence-electron chi connectivity index (χ3n) is 5.17. The van der Waals surface area contributed by atoms with Crippen LogP contribution in [0.5, 0.6) is 0 Å². The molecule has 1 amide bonds. The average molecular weight is 339 g/mol. The zero-order valence-corrected chi connectivity index (χ0v) is 13.9. The molecule has 3 aliphatic rings. The molecule has 130 valence electrons. The van der Waals surface area contributed by atoms with E-state index < -0.39 is 0 Å². The molecule has 3 heterocycles. The van der Waals surface area contributed by atoms with Gasteiger partial charge in [-0.15, -0.1) is 5.53 Å². The maximum atomic E-state index is 11.4. The molecule has 1 aliphatic carbocycles. The molecule has 4 rings (SSSR count). The Labute approximate surface area is 145 Å². The van der Waals surface area contributed by atoms with Crippen LogP contribution in [0.1, 0.15) is 37.7 Å². The van der Waals surface area contributed by atoms with Crippen molar-refractivity contribution in [3.63, 3.8) is 0 Å². The summed E-state index contributed by atoms with van der Waals surface area (Å²) in [5.74, 6) is 1.68. The first-order valence-electron chi connectivity index (χ1n) is 8.67. The Morgan fingerprint density at radius 3 is 3.04 bits per heavy atom. The molecule has 0 radical (unpaired) electrons. The lowest BCUT2D eigenvalue weighted by atomic mass is 9.79. The molecule has 1 fully saturated rings. The fourth-order valence-electron chi connectivity index (χ4n) is 3.84. The number of aromatic nitrogens is 1. The Morgan fingerprint density at radius 1 is 1.40 bits per heavy atom. The minimum atomic E-state index is -0.173. The zero-order valence-electron chi connectivity index (χ0n) is 13.9. The highest BCUT2D eigenvalue weighted by Crippen LogP contribution is 2.40. The number of nitriles is 1. The summed E-state index contributed by atoms with van der Waals surface area (Å²) in [6.45, 7) is 0.672. The number of hydrogen-bond acceptors (Lipinski definition) is 6. The van der Waals surface area contributed by atoms with Gasteiger partial charge in [-0.05, 0) is 37.7 Å². The first kappa shape index (κ1) is 15.7. The van der Waals surface area contributed by atoms with E-state index in [1.54, 1.807) is 6.34 Å². The molecule has 8 nitrogen and oxygen atoms in total. The van der Waals surface area contributed by atoms with Gasteiger partial charge in [-0.2, -0.15) is 5.26 Å². The molecule has 4 N–H and O–H groups in total. The highest BCUT2D eigenvalue weighted by Gasteiger charge is 2.34. The molecule has 1 aromatic heterocycles. The van der Waals surface area contributed by atoms with Crippen LogP contribution in [-0.2, 0) is 4.79 Å². The average Bonchev–Trinajstić information content (AvgIpc) is 3.26. The maximum Gasteiger partial charge on any atom is 0.234 e. The summed E-state index contributed by atoms with van der Waals surface area (Å²) in [5, 5.41) is 13.3.